The zero-order chi connectivity index (χ0) is 21.1. The van der Waals surface area contributed by atoms with Gasteiger partial charge in [0, 0.05) is 11.8 Å². The van der Waals surface area contributed by atoms with E-state index in [-0.39, 0.29) is 17.3 Å². The van der Waals surface area contributed by atoms with Gasteiger partial charge in [0.15, 0.2) is 0 Å². The van der Waals surface area contributed by atoms with Crippen molar-refractivity contribution in [3.05, 3.63) is 0 Å². The maximum atomic E-state index is 10.4. The lowest BCUT2D eigenvalue weighted by molar-refractivity contribution is -0.116. The molecule has 30 heavy (non-hydrogen) atoms. The molecule has 1 N–H and O–H groups in total. The smallest absolute Gasteiger partial charge is 0.103 e. The summed E-state index contributed by atoms with van der Waals surface area (Å²) in [5.41, 5.74) is 1.00. The fourth-order valence-electron chi connectivity index (χ4n) is 9.99. The molecule has 3 nitrogen and oxygen atoms in total. The van der Waals surface area contributed by atoms with Crippen molar-refractivity contribution in [2.75, 3.05) is 0 Å². The van der Waals surface area contributed by atoms with Gasteiger partial charge in [0.1, 0.15) is 5.60 Å². The maximum absolute atomic E-state index is 10.4. The quantitative estimate of drug-likeness (QED) is 0.595. The minimum Gasteiger partial charge on any atom is -0.393 e. The second-order valence-electron chi connectivity index (χ2n) is 13.4. The van der Waals surface area contributed by atoms with Crippen LogP contribution in [0.1, 0.15) is 98.8 Å². The number of ether oxygens (including phenoxy) is 2. The third-order valence-electron chi connectivity index (χ3n) is 11.9. The topological polar surface area (TPSA) is 45.3 Å². The van der Waals surface area contributed by atoms with Crippen molar-refractivity contribution in [2.24, 2.45) is 40.4 Å². The van der Waals surface area contributed by atoms with Crippen LogP contribution in [0.2, 0.25) is 0 Å². The van der Waals surface area contributed by atoms with Gasteiger partial charge in [-0.1, -0.05) is 20.8 Å². The Labute approximate surface area is 183 Å². The van der Waals surface area contributed by atoms with Gasteiger partial charge in [0.2, 0.25) is 0 Å². The molecule has 6 aliphatic rings. The molecule has 6 fully saturated rings. The van der Waals surface area contributed by atoms with Gasteiger partial charge in [0.25, 0.3) is 0 Å². The molecule has 4 saturated carbocycles. The molecule has 170 valence electrons. The van der Waals surface area contributed by atoms with Crippen LogP contribution >= 0.6 is 0 Å². The second-order valence-corrected chi connectivity index (χ2v) is 13.4. The van der Waals surface area contributed by atoms with Gasteiger partial charge in [-0.05, 0) is 107 Å². The predicted molar refractivity (Wildman–Crippen MR) is 118 cm³/mol. The Morgan fingerprint density at radius 1 is 0.967 bits per heavy atom. The summed E-state index contributed by atoms with van der Waals surface area (Å²) in [4.78, 5) is 0. The monoisotopic (exact) mass is 416 g/mol. The largest absolute Gasteiger partial charge is 0.393 e. The number of aliphatic hydroxyl groups excluding tert-OH is 1. The summed E-state index contributed by atoms with van der Waals surface area (Å²) in [6, 6.07) is 0. The van der Waals surface area contributed by atoms with Crippen LogP contribution in [0.25, 0.3) is 0 Å². The SMILES string of the molecule is C[C@H](CC[C@@H]1OC1(C)C)[C@H]1CC[C@H]2[C@@H]3CC4OC45C[C@@H](O)CC[C@]5(C)[C@H]3CC[C@]12C. The second kappa shape index (κ2) is 6.26. The van der Waals surface area contributed by atoms with E-state index in [1.165, 1.54) is 51.4 Å². The number of epoxide rings is 2. The van der Waals surface area contributed by atoms with Gasteiger partial charge < -0.3 is 14.6 Å². The van der Waals surface area contributed by atoms with E-state index in [0.29, 0.717) is 23.0 Å². The van der Waals surface area contributed by atoms with Crippen LogP contribution in [0.4, 0.5) is 0 Å². The van der Waals surface area contributed by atoms with E-state index < -0.39 is 0 Å². The van der Waals surface area contributed by atoms with Crippen LogP contribution in [0.3, 0.4) is 0 Å². The number of fused-ring (bicyclic) bond motifs is 4. The summed E-state index contributed by atoms with van der Waals surface area (Å²) in [5, 5.41) is 10.4. The van der Waals surface area contributed by atoms with Gasteiger partial charge in [0.05, 0.1) is 23.9 Å². The lowest BCUT2D eigenvalue weighted by Crippen LogP contribution is -2.58. The summed E-state index contributed by atoms with van der Waals surface area (Å²) in [5.74, 6) is 4.27. The molecular weight excluding hydrogens is 372 g/mol. The molecule has 0 aromatic heterocycles. The molecule has 6 rings (SSSR count). The number of rotatable bonds is 4. The minimum absolute atomic E-state index is 0.0297. The van der Waals surface area contributed by atoms with E-state index in [9.17, 15) is 5.11 Å². The van der Waals surface area contributed by atoms with E-state index in [2.05, 4.69) is 34.6 Å². The zero-order valence-corrected chi connectivity index (χ0v) is 20.0. The molecule has 0 radical (unpaired) electrons. The van der Waals surface area contributed by atoms with Gasteiger partial charge in [-0.25, -0.2) is 0 Å². The molecular formula is C27H44O3. The fourth-order valence-corrected chi connectivity index (χ4v) is 9.99. The molecule has 0 aromatic carbocycles. The first-order valence-electron chi connectivity index (χ1n) is 13.1. The highest BCUT2D eigenvalue weighted by Crippen LogP contribution is 2.74. The maximum Gasteiger partial charge on any atom is 0.103 e. The Morgan fingerprint density at radius 3 is 2.47 bits per heavy atom. The van der Waals surface area contributed by atoms with E-state index in [4.69, 9.17) is 9.47 Å². The van der Waals surface area contributed by atoms with Crippen LogP contribution in [0.15, 0.2) is 0 Å². The van der Waals surface area contributed by atoms with Crippen molar-refractivity contribution in [3.8, 4) is 0 Å². The fraction of sp³-hybridized carbons (Fsp3) is 1.00. The van der Waals surface area contributed by atoms with Crippen LogP contribution in [-0.4, -0.2) is 34.6 Å². The first-order chi connectivity index (χ1) is 14.1. The number of aliphatic hydroxyl groups is 1. The van der Waals surface area contributed by atoms with E-state index in [1.807, 2.05) is 0 Å². The van der Waals surface area contributed by atoms with Crippen LogP contribution in [0.5, 0.6) is 0 Å². The highest BCUT2D eigenvalue weighted by atomic mass is 16.6. The molecule has 11 atom stereocenters. The van der Waals surface area contributed by atoms with Gasteiger partial charge in [-0.2, -0.15) is 0 Å². The summed E-state index contributed by atoms with van der Waals surface area (Å²) in [6.45, 7) is 12.2. The van der Waals surface area contributed by atoms with Gasteiger partial charge in [-0.15, -0.1) is 0 Å². The van der Waals surface area contributed by atoms with E-state index in [0.717, 1.165) is 42.4 Å². The number of hydrogen-bond donors (Lipinski definition) is 1. The average Bonchev–Trinajstić information content (AvgIpc) is 3.49. The predicted octanol–water partition coefficient (Wildman–Crippen LogP) is 5.73. The van der Waals surface area contributed by atoms with Crippen LogP contribution in [-0.2, 0) is 9.47 Å². The molecule has 2 saturated heterocycles. The first kappa shape index (κ1) is 20.5. The third kappa shape index (κ3) is 2.61. The normalized spacial score (nSPS) is 58.8. The van der Waals surface area contributed by atoms with Crippen molar-refractivity contribution in [1.82, 2.24) is 0 Å². The van der Waals surface area contributed by atoms with Crippen molar-refractivity contribution < 1.29 is 14.6 Å². The molecule has 0 aromatic rings. The van der Waals surface area contributed by atoms with Crippen molar-refractivity contribution >= 4 is 0 Å². The molecule has 2 aliphatic heterocycles. The van der Waals surface area contributed by atoms with Crippen molar-refractivity contribution in [3.63, 3.8) is 0 Å². The molecule has 1 spiro atoms. The Bertz CT molecular complexity index is 719. The summed E-state index contributed by atoms with van der Waals surface area (Å²) >= 11 is 0. The summed E-state index contributed by atoms with van der Waals surface area (Å²) in [6.07, 6.45) is 13.4. The van der Waals surface area contributed by atoms with Crippen molar-refractivity contribution in [2.45, 2.75) is 128 Å². The lowest BCUT2D eigenvalue weighted by Gasteiger charge is -2.59. The standard InChI is InChI=1S/C27H44O3/c1-16(6-9-22-24(2,3)29-22)19-7-8-20-18-14-23-27(30-23)15-17(28)10-13-26(27,5)21(18)11-12-25(19,20)4/h16-23,28H,6-15H2,1-5H3/t16-,17+,18+,19-,20+,21+,22+,23?,25-,26-,27?/m1/s1. The average molecular weight is 417 g/mol. The van der Waals surface area contributed by atoms with Gasteiger partial charge in [-0.3, -0.25) is 0 Å². The van der Waals surface area contributed by atoms with Crippen LogP contribution < -0.4 is 0 Å². The van der Waals surface area contributed by atoms with Crippen LogP contribution in [0, 0.1) is 40.4 Å². The van der Waals surface area contributed by atoms with E-state index >= 15 is 0 Å². The highest BCUT2D eigenvalue weighted by molar-refractivity contribution is 5.24. The molecule has 0 amide bonds. The lowest BCUT2D eigenvalue weighted by atomic mass is 9.44. The minimum atomic E-state index is -0.134. The molecule has 2 heterocycles. The molecule has 3 heteroatoms. The van der Waals surface area contributed by atoms with Gasteiger partial charge >= 0.3 is 0 Å². The third-order valence-corrected chi connectivity index (χ3v) is 11.9. The summed E-state index contributed by atoms with van der Waals surface area (Å²) in [7, 11) is 0. The Hall–Kier alpha value is -0.120. The highest BCUT2D eigenvalue weighted by Gasteiger charge is 2.76. The molecule has 0 bridgehead atoms. The number of hydrogen-bond acceptors (Lipinski definition) is 3. The Morgan fingerprint density at radius 2 is 1.73 bits per heavy atom. The Kier molecular flexibility index (Phi) is 4.27. The summed E-state index contributed by atoms with van der Waals surface area (Å²) < 4.78 is 12.4. The zero-order valence-electron chi connectivity index (χ0n) is 20.0. The van der Waals surface area contributed by atoms with Crippen molar-refractivity contribution in [1.29, 1.82) is 0 Å². The molecule has 4 aliphatic carbocycles. The Balaban J connectivity index is 1.19. The van der Waals surface area contributed by atoms with E-state index in [1.54, 1.807) is 0 Å². The first-order valence-corrected chi connectivity index (χ1v) is 13.1. The molecule has 2 unspecified atom stereocenters.